The van der Waals surface area contributed by atoms with Crippen molar-refractivity contribution in [1.29, 1.82) is 0 Å². The molecule has 1 rings (SSSR count). The Bertz CT molecular complexity index is 399. The molecule has 0 N–H and O–H groups in total. The highest BCUT2D eigenvalue weighted by Crippen LogP contribution is 2.21. The first kappa shape index (κ1) is 11.4. The van der Waals surface area contributed by atoms with E-state index in [0.29, 0.717) is 18.6 Å². The molecule has 1 aromatic carbocycles. The molecule has 0 aromatic heterocycles. The van der Waals surface area contributed by atoms with E-state index in [1.807, 2.05) is 0 Å². The molecule has 0 atom stereocenters. The van der Waals surface area contributed by atoms with Gasteiger partial charge in [0.1, 0.15) is 11.6 Å². The first-order valence-corrected chi connectivity index (χ1v) is 4.52. The van der Waals surface area contributed by atoms with Gasteiger partial charge in [0.2, 0.25) is 0 Å². The van der Waals surface area contributed by atoms with E-state index in [0.717, 1.165) is 0 Å². The molecular formula is C11H11FO3. The molecule has 0 spiro atoms. The Kier molecular flexibility index (Phi) is 3.55. The second-order valence-corrected chi connectivity index (χ2v) is 2.98. The van der Waals surface area contributed by atoms with Crippen molar-refractivity contribution in [2.45, 2.75) is 13.8 Å². The highest BCUT2D eigenvalue weighted by Gasteiger charge is 2.14. The Morgan fingerprint density at radius 2 is 2.20 bits per heavy atom. The summed E-state index contributed by atoms with van der Waals surface area (Å²) < 4.78 is 18.6. The quantitative estimate of drug-likeness (QED) is 0.565. The fraction of sp³-hybridized carbons (Fsp3) is 0.273. The minimum Gasteiger partial charge on any atom is -0.494 e. The predicted octanol–water partition coefficient (Wildman–Crippen LogP) is 2.24. The normalized spacial score (nSPS) is 9.80. The van der Waals surface area contributed by atoms with Crippen LogP contribution >= 0.6 is 0 Å². The first-order chi connectivity index (χ1) is 7.10. The summed E-state index contributed by atoms with van der Waals surface area (Å²) in [5, 5.41) is 0. The SMILES string of the molecule is CCOc1cc(C=O)c(F)c(C(C)=O)c1. The summed E-state index contributed by atoms with van der Waals surface area (Å²) in [6, 6.07) is 2.58. The molecule has 0 saturated heterocycles. The lowest BCUT2D eigenvalue weighted by molar-refractivity contribution is 0.101. The van der Waals surface area contributed by atoms with E-state index in [1.54, 1.807) is 6.92 Å². The highest BCUT2D eigenvalue weighted by molar-refractivity contribution is 5.96. The fourth-order valence-electron chi connectivity index (χ4n) is 1.21. The van der Waals surface area contributed by atoms with Crippen molar-refractivity contribution in [3.63, 3.8) is 0 Å². The molecule has 4 heteroatoms. The molecule has 0 fully saturated rings. The Balaban J connectivity index is 3.31. The third kappa shape index (κ3) is 2.40. The first-order valence-electron chi connectivity index (χ1n) is 4.52. The zero-order chi connectivity index (χ0) is 11.4. The van der Waals surface area contributed by atoms with Crippen molar-refractivity contribution in [2.75, 3.05) is 6.61 Å². The zero-order valence-corrected chi connectivity index (χ0v) is 8.54. The van der Waals surface area contributed by atoms with Gasteiger partial charge in [-0.25, -0.2) is 4.39 Å². The summed E-state index contributed by atoms with van der Waals surface area (Å²) in [6.45, 7) is 3.39. The molecule has 80 valence electrons. The van der Waals surface area contributed by atoms with E-state index in [4.69, 9.17) is 4.74 Å². The molecule has 0 saturated carbocycles. The summed E-state index contributed by atoms with van der Waals surface area (Å²) >= 11 is 0. The van der Waals surface area contributed by atoms with Gasteiger partial charge in [0.25, 0.3) is 0 Å². The molecule has 0 radical (unpaired) electrons. The molecule has 0 aliphatic rings. The fourth-order valence-corrected chi connectivity index (χ4v) is 1.21. The van der Waals surface area contributed by atoms with Gasteiger partial charge < -0.3 is 4.74 Å². The van der Waals surface area contributed by atoms with Crippen LogP contribution in [0, 0.1) is 5.82 Å². The van der Waals surface area contributed by atoms with Gasteiger partial charge in [0, 0.05) is 0 Å². The third-order valence-corrected chi connectivity index (χ3v) is 1.89. The number of ether oxygens (including phenoxy) is 1. The molecule has 0 heterocycles. The molecule has 1 aromatic rings. The van der Waals surface area contributed by atoms with Crippen molar-refractivity contribution >= 4 is 12.1 Å². The second-order valence-electron chi connectivity index (χ2n) is 2.98. The van der Waals surface area contributed by atoms with E-state index in [-0.39, 0.29) is 11.1 Å². The van der Waals surface area contributed by atoms with Gasteiger partial charge in [-0.1, -0.05) is 0 Å². The standard InChI is InChI=1S/C11H11FO3/c1-3-15-9-4-8(6-13)11(12)10(5-9)7(2)14/h4-6H,3H2,1-2H3. The van der Waals surface area contributed by atoms with Crippen molar-refractivity contribution in [3.8, 4) is 5.75 Å². The monoisotopic (exact) mass is 210 g/mol. The summed E-state index contributed by atoms with van der Waals surface area (Å²) in [5.74, 6) is -0.899. The number of rotatable bonds is 4. The van der Waals surface area contributed by atoms with Gasteiger partial charge in [-0.2, -0.15) is 0 Å². The molecule has 3 nitrogen and oxygen atoms in total. The molecule has 0 amide bonds. The van der Waals surface area contributed by atoms with Crippen LogP contribution in [0.2, 0.25) is 0 Å². The average Bonchev–Trinajstić information content (AvgIpc) is 2.20. The number of hydrogen-bond donors (Lipinski definition) is 0. The minimum atomic E-state index is -0.791. The number of ketones is 1. The van der Waals surface area contributed by atoms with Crippen LogP contribution in [0.1, 0.15) is 34.6 Å². The molecule has 0 unspecified atom stereocenters. The lowest BCUT2D eigenvalue weighted by Crippen LogP contribution is -2.03. The lowest BCUT2D eigenvalue weighted by atomic mass is 10.1. The molecule has 0 bridgehead atoms. The number of aldehydes is 1. The lowest BCUT2D eigenvalue weighted by Gasteiger charge is -2.07. The van der Waals surface area contributed by atoms with Gasteiger partial charge in [-0.15, -0.1) is 0 Å². The highest BCUT2D eigenvalue weighted by atomic mass is 19.1. The van der Waals surface area contributed by atoms with E-state index in [2.05, 4.69) is 0 Å². The number of benzene rings is 1. The van der Waals surface area contributed by atoms with Crippen LogP contribution in [-0.2, 0) is 0 Å². The van der Waals surface area contributed by atoms with Gasteiger partial charge in [-0.05, 0) is 26.0 Å². The number of carbonyl (C=O) groups is 2. The van der Waals surface area contributed by atoms with Gasteiger partial charge in [0.05, 0.1) is 17.7 Å². The van der Waals surface area contributed by atoms with Crippen molar-refractivity contribution in [3.05, 3.63) is 29.1 Å². The largest absolute Gasteiger partial charge is 0.494 e. The van der Waals surface area contributed by atoms with E-state index < -0.39 is 11.6 Å². The summed E-state index contributed by atoms with van der Waals surface area (Å²) in [4.78, 5) is 21.6. The maximum absolute atomic E-state index is 13.4. The molecule has 0 aliphatic heterocycles. The van der Waals surface area contributed by atoms with Gasteiger partial charge >= 0.3 is 0 Å². The van der Waals surface area contributed by atoms with Crippen molar-refractivity contribution < 1.29 is 18.7 Å². The van der Waals surface area contributed by atoms with Crippen molar-refractivity contribution in [1.82, 2.24) is 0 Å². The average molecular weight is 210 g/mol. The Labute approximate surface area is 86.9 Å². The number of hydrogen-bond acceptors (Lipinski definition) is 3. The summed E-state index contributed by atoms with van der Waals surface area (Å²) in [5.41, 5.74) is -0.283. The van der Waals surface area contributed by atoms with Crippen LogP contribution in [0.4, 0.5) is 4.39 Å². The smallest absolute Gasteiger partial charge is 0.162 e. The maximum Gasteiger partial charge on any atom is 0.162 e. The van der Waals surface area contributed by atoms with E-state index in [1.165, 1.54) is 19.1 Å². The summed E-state index contributed by atoms with van der Waals surface area (Å²) in [7, 11) is 0. The Morgan fingerprint density at radius 3 is 2.67 bits per heavy atom. The minimum absolute atomic E-state index is 0.122. The summed E-state index contributed by atoms with van der Waals surface area (Å²) in [6.07, 6.45) is 0.365. The van der Waals surface area contributed by atoms with Gasteiger partial charge in [0.15, 0.2) is 12.1 Å². The zero-order valence-electron chi connectivity index (χ0n) is 8.54. The second kappa shape index (κ2) is 4.68. The third-order valence-electron chi connectivity index (χ3n) is 1.89. The number of halogens is 1. The topological polar surface area (TPSA) is 43.4 Å². The van der Waals surface area contributed by atoms with Crippen molar-refractivity contribution in [2.24, 2.45) is 0 Å². The Hall–Kier alpha value is -1.71. The van der Waals surface area contributed by atoms with Crippen LogP contribution < -0.4 is 4.74 Å². The van der Waals surface area contributed by atoms with Crippen LogP contribution in [0.15, 0.2) is 12.1 Å². The van der Waals surface area contributed by atoms with Crippen LogP contribution in [0.25, 0.3) is 0 Å². The predicted molar refractivity (Wildman–Crippen MR) is 53.0 cm³/mol. The maximum atomic E-state index is 13.4. The number of carbonyl (C=O) groups excluding carboxylic acids is 2. The molecule has 15 heavy (non-hydrogen) atoms. The van der Waals surface area contributed by atoms with Crippen LogP contribution in [0.3, 0.4) is 0 Å². The van der Waals surface area contributed by atoms with E-state index in [9.17, 15) is 14.0 Å². The Morgan fingerprint density at radius 1 is 1.53 bits per heavy atom. The molecular weight excluding hydrogens is 199 g/mol. The number of Topliss-reactive ketones (excluding diaryl/α,β-unsaturated/α-hetero) is 1. The van der Waals surface area contributed by atoms with E-state index >= 15 is 0 Å². The molecule has 0 aliphatic carbocycles. The van der Waals surface area contributed by atoms with Crippen LogP contribution in [-0.4, -0.2) is 18.7 Å². The van der Waals surface area contributed by atoms with Crippen LogP contribution in [0.5, 0.6) is 5.75 Å². The van der Waals surface area contributed by atoms with Gasteiger partial charge in [-0.3, -0.25) is 9.59 Å².